The Balaban J connectivity index is 1.52. The van der Waals surface area contributed by atoms with Crippen LogP contribution < -0.4 is 14.8 Å². The molecule has 0 radical (unpaired) electrons. The second kappa shape index (κ2) is 7.70. The van der Waals surface area contributed by atoms with Crippen molar-refractivity contribution in [1.82, 2.24) is 0 Å². The predicted molar refractivity (Wildman–Crippen MR) is 104 cm³/mol. The largest absolute Gasteiger partial charge is 0.454 e. The Bertz CT molecular complexity index is 851. The summed E-state index contributed by atoms with van der Waals surface area (Å²) in [5.41, 5.74) is 3.51. The van der Waals surface area contributed by atoms with Crippen LogP contribution in [0.1, 0.15) is 38.8 Å². The zero-order chi connectivity index (χ0) is 19.4. The third kappa shape index (κ3) is 4.78. The van der Waals surface area contributed by atoms with Crippen LogP contribution in [0.3, 0.4) is 0 Å². The van der Waals surface area contributed by atoms with Gasteiger partial charge in [-0.2, -0.15) is 0 Å². The monoisotopic (exact) mass is 368 g/mol. The van der Waals surface area contributed by atoms with Gasteiger partial charge in [0.15, 0.2) is 18.1 Å². The van der Waals surface area contributed by atoms with E-state index in [2.05, 4.69) is 31.2 Å². The maximum Gasteiger partial charge on any atom is 0.265 e. The molecule has 142 valence electrons. The second-order valence-corrected chi connectivity index (χ2v) is 7.39. The lowest BCUT2D eigenvalue weighted by molar-refractivity contribution is -0.120. The number of hydrogen-bond acceptors (Lipinski definition) is 5. The summed E-state index contributed by atoms with van der Waals surface area (Å²) in [6, 6.07) is 13.3. The van der Waals surface area contributed by atoms with E-state index in [0.717, 1.165) is 11.3 Å². The van der Waals surface area contributed by atoms with E-state index < -0.39 is 0 Å². The molecule has 0 aliphatic carbocycles. The molecular formula is C21H24N2O4. The molecule has 3 rings (SSSR count). The van der Waals surface area contributed by atoms with Gasteiger partial charge in [0.1, 0.15) is 0 Å². The Morgan fingerprint density at radius 2 is 1.81 bits per heavy atom. The first-order chi connectivity index (χ1) is 12.8. The van der Waals surface area contributed by atoms with Crippen molar-refractivity contribution in [2.45, 2.75) is 33.1 Å². The highest BCUT2D eigenvalue weighted by molar-refractivity contribution is 5.99. The minimum atomic E-state index is -0.263. The van der Waals surface area contributed by atoms with Crippen molar-refractivity contribution < 1.29 is 19.1 Å². The summed E-state index contributed by atoms with van der Waals surface area (Å²) in [4.78, 5) is 17.2. The zero-order valence-electron chi connectivity index (χ0n) is 16.0. The van der Waals surface area contributed by atoms with Gasteiger partial charge in [0, 0.05) is 11.3 Å². The number of oxime groups is 1. The number of ether oxygens (including phenoxy) is 2. The van der Waals surface area contributed by atoms with E-state index in [4.69, 9.17) is 14.3 Å². The summed E-state index contributed by atoms with van der Waals surface area (Å²) >= 11 is 0. The summed E-state index contributed by atoms with van der Waals surface area (Å²) in [6.07, 6.45) is 0. The molecule has 2 aromatic rings. The number of fused-ring (bicyclic) bond motifs is 1. The van der Waals surface area contributed by atoms with Crippen molar-refractivity contribution in [3.05, 3.63) is 53.6 Å². The number of rotatable bonds is 5. The van der Waals surface area contributed by atoms with Gasteiger partial charge in [-0.1, -0.05) is 38.1 Å². The van der Waals surface area contributed by atoms with Crippen molar-refractivity contribution in [1.29, 1.82) is 0 Å². The van der Waals surface area contributed by atoms with Crippen molar-refractivity contribution in [2.24, 2.45) is 5.16 Å². The van der Waals surface area contributed by atoms with E-state index in [0.29, 0.717) is 17.2 Å². The van der Waals surface area contributed by atoms with Crippen molar-refractivity contribution >= 4 is 17.3 Å². The Kier molecular flexibility index (Phi) is 5.35. The van der Waals surface area contributed by atoms with Crippen LogP contribution in [0.15, 0.2) is 47.6 Å². The highest BCUT2D eigenvalue weighted by atomic mass is 16.7. The number of nitrogens with zero attached hydrogens (tertiary/aromatic N) is 1. The van der Waals surface area contributed by atoms with E-state index in [1.54, 1.807) is 6.92 Å². The van der Waals surface area contributed by atoms with Crippen LogP contribution in [0, 0.1) is 0 Å². The maximum atomic E-state index is 12.0. The molecular weight excluding hydrogens is 344 g/mol. The summed E-state index contributed by atoms with van der Waals surface area (Å²) in [5.74, 6) is 1.13. The molecule has 2 aromatic carbocycles. The number of amides is 1. The molecule has 0 fully saturated rings. The maximum absolute atomic E-state index is 12.0. The molecule has 0 spiro atoms. The molecule has 1 N–H and O–H groups in total. The van der Waals surface area contributed by atoms with Crippen molar-refractivity contribution in [3.63, 3.8) is 0 Å². The predicted octanol–water partition coefficient (Wildman–Crippen LogP) is 4.09. The van der Waals surface area contributed by atoms with Crippen molar-refractivity contribution in [3.8, 4) is 11.5 Å². The van der Waals surface area contributed by atoms with Crippen LogP contribution >= 0.6 is 0 Å². The average Bonchev–Trinajstić information content (AvgIpc) is 3.09. The summed E-state index contributed by atoms with van der Waals surface area (Å²) in [7, 11) is 0. The van der Waals surface area contributed by atoms with Gasteiger partial charge in [-0.3, -0.25) is 4.79 Å². The van der Waals surface area contributed by atoms with Crippen LogP contribution in [-0.4, -0.2) is 25.0 Å². The van der Waals surface area contributed by atoms with Gasteiger partial charge in [-0.15, -0.1) is 0 Å². The Morgan fingerprint density at radius 3 is 2.52 bits per heavy atom. The molecule has 6 heteroatoms. The molecule has 0 saturated carbocycles. The molecule has 0 saturated heterocycles. The molecule has 1 amide bonds. The van der Waals surface area contributed by atoms with Gasteiger partial charge >= 0.3 is 0 Å². The van der Waals surface area contributed by atoms with E-state index in [-0.39, 0.29) is 24.7 Å². The quantitative estimate of drug-likeness (QED) is 0.637. The zero-order valence-corrected chi connectivity index (χ0v) is 16.0. The highest BCUT2D eigenvalue weighted by Gasteiger charge is 2.15. The van der Waals surface area contributed by atoms with Gasteiger partial charge in [-0.05, 0) is 48.2 Å². The molecule has 1 heterocycles. The van der Waals surface area contributed by atoms with Gasteiger partial charge in [0.05, 0.1) is 5.71 Å². The summed E-state index contributed by atoms with van der Waals surface area (Å²) < 4.78 is 10.6. The smallest absolute Gasteiger partial charge is 0.265 e. The van der Waals surface area contributed by atoms with Crippen LogP contribution in [0.5, 0.6) is 11.5 Å². The van der Waals surface area contributed by atoms with Gasteiger partial charge in [0.25, 0.3) is 5.91 Å². The lowest BCUT2D eigenvalue weighted by Crippen LogP contribution is -2.17. The SMILES string of the molecule is C/C(=N/OCC(=O)Nc1ccc(C(C)(C)C)cc1)c1ccc2c(c1)OCO2. The first-order valence-electron chi connectivity index (χ1n) is 8.80. The Labute approximate surface area is 159 Å². The van der Waals surface area contributed by atoms with E-state index in [1.807, 2.05) is 42.5 Å². The average molecular weight is 368 g/mol. The number of nitrogens with one attached hydrogen (secondary N) is 1. The summed E-state index contributed by atoms with van der Waals surface area (Å²) in [6.45, 7) is 8.31. The third-order valence-corrected chi connectivity index (χ3v) is 4.22. The second-order valence-electron chi connectivity index (χ2n) is 7.39. The molecule has 27 heavy (non-hydrogen) atoms. The topological polar surface area (TPSA) is 69.2 Å². The number of carbonyl (C=O) groups excluding carboxylic acids is 1. The van der Waals surface area contributed by atoms with Crippen LogP contribution in [0.2, 0.25) is 0 Å². The van der Waals surface area contributed by atoms with Gasteiger partial charge in [0.2, 0.25) is 6.79 Å². The fraction of sp³-hybridized carbons (Fsp3) is 0.333. The summed E-state index contributed by atoms with van der Waals surface area (Å²) in [5, 5.41) is 6.81. The fourth-order valence-electron chi connectivity index (χ4n) is 2.61. The molecule has 0 unspecified atom stereocenters. The van der Waals surface area contributed by atoms with Gasteiger partial charge < -0.3 is 19.6 Å². The fourth-order valence-corrected chi connectivity index (χ4v) is 2.61. The third-order valence-electron chi connectivity index (χ3n) is 4.22. The van der Waals surface area contributed by atoms with Crippen LogP contribution in [-0.2, 0) is 15.0 Å². The molecule has 0 bridgehead atoms. The van der Waals surface area contributed by atoms with Crippen LogP contribution in [0.25, 0.3) is 0 Å². The lowest BCUT2D eigenvalue weighted by atomic mass is 9.87. The van der Waals surface area contributed by atoms with E-state index >= 15 is 0 Å². The minimum Gasteiger partial charge on any atom is -0.454 e. The van der Waals surface area contributed by atoms with Crippen LogP contribution in [0.4, 0.5) is 5.69 Å². The van der Waals surface area contributed by atoms with E-state index in [9.17, 15) is 4.79 Å². The first-order valence-corrected chi connectivity index (χ1v) is 8.80. The standard InChI is InChI=1S/C21H24N2O4/c1-14(15-5-10-18-19(11-15)26-13-25-18)23-27-12-20(24)22-17-8-6-16(7-9-17)21(2,3)4/h5-11H,12-13H2,1-4H3,(H,22,24)/b23-14-. The molecule has 6 nitrogen and oxygen atoms in total. The molecule has 0 atom stereocenters. The number of carbonyl (C=O) groups is 1. The minimum absolute atomic E-state index is 0.0760. The molecule has 1 aliphatic heterocycles. The Hall–Kier alpha value is -3.02. The molecule has 1 aliphatic rings. The first kappa shape index (κ1) is 18.8. The number of hydrogen-bond donors (Lipinski definition) is 1. The van der Waals surface area contributed by atoms with Gasteiger partial charge in [-0.25, -0.2) is 0 Å². The van der Waals surface area contributed by atoms with Crippen molar-refractivity contribution in [2.75, 3.05) is 18.7 Å². The Morgan fingerprint density at radius 1 is 1.11 bits per heavy atom. The highest BCUT2D eigenvalue weighted by Crippen LogP contribution is 2.32. The lowest BCUT2D eigenvalue weighted by Gasteiger charge is -2.19. The number of anilines is 1. The normalized spacial score (nSPS) is 13.4. The number of benzene rings is 2. The molecule has 0 aromatic heterocycles. The van der Waals surface area contributed by atoms with E-state index in [1.165, 1.54) is 5.56 Å².